The molecule has 0 N–H and O–H groups in total. The molecule has 164 valence electrons. The van der Waals surface area contributed by atoms with Crippen LogP contribution >= 0.6 is 0 Å². The predicted octanol–water partition coefficient (Wildman–Crippen LogP) is 2.74. The fourth-order valence-electron chi connectivity index (χ4n) is 3.73. The highest BCUT2D eigenvalue weighted by Gasteiger charge is 2.26. The smallest absolute Gasteiger partial charge is 0.246 e. The number of amides is 1. The van der Waals surface area contributed by atoms with Gasteiger partial charge < -0.3 is 24.0 Å². The maximum absolute atomic E-state index is 12.7. The molecule has 1 aliphatic heterocycles. The summed E-state index contributed by atoms with van der Waals surface area (Å²) in [6, 6.07) is 7.75. The Balaban J connectivity index is 1.36. The van der Waals surface area contributed by atoms with Crippen molar-refractivity contribution < 1.29 is 19.0 Å². The minimum atomic E-state index is -0.0245. The lowest BCUT2D eigenvalue weighted by Gasteiger charge is -2.34. The van der Waals surface area contributed by atoms with Crippen molar-refractivity contribution in [3.05, 3.63) is 41.6 Å². The van der Waals surface area contributed by atoms with Gasteiger partial charge in [0, 0.05) is 38.2 Å². The van der Waals surface area contributed by atoms with Crippen molar-refractivity contribution in [3.8, 4) is 17.2 Å². The Kier molecular flexibility index (Phi) is 6.25. The number of rotatable bonds is 7. The zero-order chi connectivity index (χ0) is 21.8. The largest absolute Gasteiger partial charge is 0.493 e. The first kappa shape index (κ1) is 21.0. The molecule has 1 aliphatic carbocycles. The van der Waals surface area contributed by atoms with Crippen LogP contribution in [-0.4, -0.2) is 68.5 Å². The summed E-state index contributed by atoms with van der Waals surface area (Å²) in [5.41, 5.74) is 1.89. The van der Waals surface area contributed by atoms with E-state index < -0.39 is 0 Å². The molecular formula is C23H28N4O4. The molecule has 0 spiro atoms. The van der Waals surface area contributed by atoms with Gasteiger partial charge in [-0.3, -0.25) is 4.79 Å². The van der Waals surface area contributed by atoms with Gasteiger partial charge in [0.25, 0.3) is 0 Å². The third kappa shape index (κ3) is 4.73. The van der Waals surface area contributed by atoms with Crippen molar-refractivity contribution in [2.75, 3.05) is 52.4 Å². The molecule has 2 heterocycles. The van der Waals surface area contributed by atoms with E-state index in [2.05, 4.69) is 21.2 Å². The Morgan fingerprint density at radius 2 is 1.65 bits per heavy atom. The first-order chi connectivity index (χ1) is 15.1. The van der Waals surface area contributed by atoms with Crippen LogP contribution < -0.4 is 19.1 Å². The minimum Gasteiger partial charge on any atom is -0.493 e. The SMILES string of the molecule is COc1cc(/C=C/C(=O)N2CCN(c3ccc(C4CC4)nn3)CC2)cc(OC)c1OC. The monoisotopic (exact) mass is 424 g/mol. The Bertz CT molecular complexity index is 924. The second-order valence-corrected chi connectivity index (χ2v) is 7.70. The molecule has 31 heavy (non-hydrogen) atoms. The third-order valence-electron chi connectivity index (χ3n) is 5.69. The van der Waals surface area contributed by atoms with E-state index >= 15 is 0 Å². The summed E-state index contributed by atoms with van der Waals surface area (Å²) in [6.45, 7) is 2.76. The summed E-state index contributed by atoms with van der Waals surface area (Å²) < 4.78 is 16.1. The number of anilines is 1. The molecule has 1 saturated carbocycles. The highest BCUT2D eigenvalue weighted by Crippen LogP contribution is 2.39. The van der Waals surface area contributed by atoms with Crippen LogP contribution in [0.25, 0.3) is 6.08 Å². The number of nitrogens with zero attached hydrogens (tertiary/aromatic N) is 4. The van der Waals surface area contributed by atoms with Crippen LogP contribution in [0.5, 0.6) is 17.2 Å². The highest BCUT2D eigenvalue weighted by molar-refractivity contribution is 5.92. The van der Waals surface area contributed by atoms with Crippen LogP contribution in [0.1, 0.15) is 30.0 Å². The molecule has 1 aromatic carbocycles. The maximum atomic E-state index is 12.7. The molecule has 1 aromatic heterocycles. The number of hydrogen-bond donors (Lipinski definition) is 0. The van der Waals surface area contributed by atoms with E-state index in [0.29, 0.717) is 36.3 Å². The van der Waals surface area contributed by atoms with Gasteiger partial charge in [0.1, 0.15) is 0 Å². The lowest BCUT2D eigenvalue weighted by atomic mass is 10.1. The van der Waals surface area contributed by atoms with Gasteiger partial charge in [-0.05, 0) is 48.7 Å². The molecule has 2 aromatic rings. The summed E-state index contributed by atoms with van der Waals surface area (Å²) in [6.07, 6.45) is 5.79. The molecule has 2 fully saturated rings. The lowest BCUT2D eigenvalue weighted by molar-refractivity contribution is -0.126. The van der Waals surface area contributed by atoms with E-state index in [0.717, 1.165) is 30.2 Å². The van der Waals surface area contributed by atoms with Gasteiger partial charge >= 0.3 is 0 Å². The normalized spacial score (nSPS) is 16.5. The van der Waals surface area contributed by atoms with Crippen molar-refractivity contribution in [1.29, 1.82) is 0 Å². The number of carbonyl (C=O) groups excluding carboxylic acids is 1. The van der Waals surface area contributed by atoms with Crippen LogP contribution in [0.15, 0.2) is 30.3 Å². The van der Waals surface area contributed by atoms with Crippen LogP contribution in [0.3, 0.4) is 0 Å². The molecule has 1 amide bonds. The van der Waals surface area contributed by atoms with Crippen molar-refractivity contribution in [1.82, 2.24) is 15.1 Å². The van der Waals surface area contributed by atoms with Crippen molar-refractivity contribution >= 4 is 17.8 Å². The topological polar surface area (TPSA) is 77.0 Å². The fourth-order valence-corrected chi connectivity index (χ4v) is 3.73. The second kappa shape index (κ2) is 9.24. The number of aromatic nitrogens is 2. The Labute approximate surface area is 182 Å². The van der Waals surface area contributed by atoms with Gasteiger partial charge in [0.2, 0.25) is 11.7 Å². The number of ether oxygens (including phenoxy) is 3. The van der Waals surface area contributed by atoms with E-state index in [9.17, 15) is 4.79 Å². The standard InChI is InChI=1S/C23H28N4O4/c1-29-19-14-16(15-20(30-2)23(19)31-3)4-9-22(28)27-12-10-26(11-13-27)21-8-7-18(24-25-21)17-5-6-17/h4,7-9,14-15,17H,5-6,10-13H2,1-3H3/b9-4+. The maximum Gasteiger partial charge on any atom is 0.246 e. The summed E-state index contributed by atoms with van der Waals surface area (Å²) in [7, 11) is 4.70. The van der Waals surface area contributed by atoms with E-state index in [4.69, 9.17) is 14.2 Å². The molecule has 4 rings (SSSR count). The predicted molar refractivity (Wildman–Crippen MR) is 118 cm³/mol. The number of hydrogen-bond acceptors (Lipinski definition) is 7. The van der Waals surface area contributed by atoms with Gasteiger partial charge in [0.15, 0.2) is 17.3 Å². The first-order valence-corrected chi connectivity index (χ1v) is 10.5. The number of methoxy groups -OCH3 is 3. The summed E-state index contributed by atoms with van der Waals surface area (Å²) in [5.74, 6) is 3.09. The Hall–Kier alpha value is -3.29. The fraction of sp³-hybridized carbons (Fsp3) is 0.435. The first-order valence-electron chi connectivity index (χ1n) is 10.5. The molecule has 8 nitrogen and oxygen atoms in total. The number of benzene rings is 1. The van der Waals surface area contributed by atoms with Gasteiger partial charge in [-0.2, -0.15) is 5.10 Å². The molecule has 0 atom stereocenters. The Morgan fingerprint density at radius 1 is 0.968 bits per heavy atom. The summed E-state index contributed by atoms with van der Waals surface area (Å²) >= 11 is 0. The molecule has 0 radical (unpaired) electrons. The molecule has 2 aliphatic rings. The average molecular weight is 425 g/mol. The van der Waals surface area contributed by atoms with E-state index in [1.807, 2.05) is 23.1 Å². The zero-order valence-electron chi connectivity index (χ0n) is 18.2. The van der Waals surface area contributed by atoms with Gasteiger partial charge in [-0.15, -0.1) is 5.10 Å². The lowest BCUT2D eigenvalue weighted by Crippen LogP contribution is -2.48. The van der Waals surface area contributed by atoms with Gasteiger partial charge in [-0.25, -0.2) is 0 Å². The number of piperazine rings is 1. The van der Waals surface area contributed by atoms with Crippen molar-refractivity contribution in [3.63, 3.8) is 0 Å². The molecule has 1 saturated heterocycles. The molecule has 8 heteroatoms. The molecule has 0 unspecified atom stereocenters. The van der Waals surface area contributed by atoms with Crippen LogP contribution in [0.2, 0.25) is 0 Å². The van der Waals surface area contributed by atoms with Crippen LogP contribution in [-0.2, 0) is 4.79 Å². The highest BCUT2D eigenvalue weighted by atomic mass is 16.5. The quantitative estimate of drug-likeness (QED) is 0.633. The van der Waals surface area contributed by atoms with E-state index in [1.165, 1.54) is 12.8 Å². The van der Waals surface area contributed by atoms with Crippen molar-refractivity contribution in [2.45, 2.75) is 18.8 Å². The molecule has 0 bridgehead atoms. The zero-order valence-corrected chi connectivity index (χ0v) is 18.2. The van der Waals surface area contributed by atoms with E-state index in [-0.39, 0.29) is 5.91 Å². The number of carbonyl (C=O) groups is 1. The van der Waals surface area contributed by atoms with Gasteiger partial charge in [-0.1, -0.05) is 0 Å². The second-order valence-electron chi connectivity index (χ2n) is 7.70. The molecular weight excluding hydrogens is 396 g/mol. The summed E-state index contributed by atoms with van der Waals surface area (Å²) in [5, 5.41) is 8.74. The summed E-state index contributed by atoms with van der Waals surface area (Å²) in [4.78, 5) is 16.7. The van der Waals surface area contributed by atoms with E-state index in [1.54, 1.807) is 33.5 Å². The van der Waals surface area contributed by atoms with Crippen LogP contribution in [0.4, 0.5) is 5.82 Å². The Morgan fingerprint density at radius 3 is 2.16 bits per heavy atom. The average Bonchev–Trinajstić information content (AvgIpc) is 3.67. The van der Waals surface area contributed by atoms with Crippen molar-refractivity contribution in [2.24, 2.45) is 0 Å². The minimum absolute atomic E-state index is 0.0245. The third-order valence-corrected chi connectivity index (χ3v) is 5.69. The van der Waals surface area contributed by atoms with Gasteiger partial charge in [0.05, 0.1) is 27.0 Å². The van der Waals surface area contributed by atoms with Crippen LogP contribution in [0, 0.1) is 0 Å².